The van der Waals surface area contributed by atoms with Crippen molar-refractivity contribution >= 4 is 6.08 Å². The number of hydrogen-bond donors (Lipinski definition) is 0. The van der Waals surface area contributed by atoms with E-state index >= 15 is 0 Å². The molecule has 0 aliphatic carbocycles. The highest BCUT2D eigenvalue weighted by molar-refractivity contribution is 5.76. The lowest BCUT2D eigenvalue weighted by Gasteiger charge is -2.08. The van der Waals surface area contributed by atoms with Crippen molar-refractivity contribution in [1.29, 1.82) is 0 Å². The van der Waals surface area contributed by atoms with Gasteiger partial charge < -0.3 is 0 Å². The summed E-state index contributed by atoms with van der Waals surface area (Å²) >= 11 is 0. The zero-order valence-corrected chi connectivity index (χ0v) is 10.9. The molecule has 17 heavy (non-hydrogen) atoms. The molecule has 0 radical (unpaired) electrons. The minimum atomic E-state index is 1.19. The standard InChI is InChI=1S/C15H14.C2H6/c1-3-13-9-5-7-11-15(13)14-10-6-4-8-12(14)2;1-2/h3-11H,1H2,2H3;1-2H3. The molecule has 2 aromatic carbocycles. The number of rotatable bonds is 2. The van der Waals surface area contributed by atoms with Crippen LogP contribution in [0.3, 0.4) is 0 Å². The predicted octanol–water partition coefficient (Wildman–Crippen LogP) is 5.33. The molecule has 0 saturated carbocycles. The average Bonchev–Trinajstić information content (AvgIpc) is 2.41. The topological polar surface area (TPSA) is 0 Å². The van der Waals surface area contributed by atoms with Crippen molar-refractivity contribution in [3.8, 4) is 11.1 Å². The Morgan fingerprint density at radius 3 is 1.94 bits per heavy atom. The second-order valence-corrected chi connectivity index (χ2v) is 3.61. The third kappa shape index (κ3) is 3.07. The Hall–Kier alpha value is -1.82. The van der Waals surface area contributed by atoms with Crippen LogP contribution in [0.25, 0.3) is 17.2 Å². The minimum Gasteiger partial charge on any atom is -0.0984 e. The van der Waals surface area contributed by atoms with E-state index in [1.54, 1.807) is 0 Å². The molecule has 0 nitrogen and oxygen atoms in total. The molecule has 0 aromatic heterocycles. The van der Waals surface area contributed by atoms with Crippen LogP contribution in [-0.4, -0.2) is 0 Å². The second kappa shape index (κ2) is 6.70. The molecule has 0 unspecified atom stereocenters. The summed E-state index contributed by atoms with van der Waals surface area (Å²) in [6, 6.07) is 16.8. The van der Waals surface area contributed by atoms with Crippen molar-refractivity contribution in [2.45, 2.75) is 20.8 Å². The third-order valence-electron chi connectivity index (χ3n) is 2.62. The molecule has 88 valence electrons. The van der Waals surface area contributed by atoms with Gasteiger partial charge in [-0.3, -0.25) is 0 Å². The van der Waals surface area contributed by atoms with Crippen molar-refractivity contribution in [3.05, 3.63) is 66.2 Å². The summed E-state index contributed by atoms with van der Waals surface area (Å²) in [6.45, 7) is 9.98. The smallest absolute Gasteiger partial charge is 0.0109 e. The third-order valence-corrected chi connectivity index (χ3v) is 2.62. The van der Waals surface area contributed by atoms with Crippen LogP contribution in [0.1, 0.15) is 25.0 Å². The molecule has 0 bridgehead atoms. The van der Waals surface area contributed by atoms with Crippen LogP contribution >= 0.6 is 0 Å². The van der Waals surface area contributed by atoms with E-state index in [-0.39, 0.29) is 0 Å². The van der Waals surface area contributed by atoms with E-state index in [0.717, 1.165) is 0 Å². The van der Waals surface area contributed by atoms with Crippen LogP contribution in [0.2, 0.25) is 0 Å². The highest BCUT2D eigenvalue weighted by atomic mass is 14.1. The Kier molecular flexibility index (Phi) is 5.22. The lowest BCUT2D eigenvalue weighted by Crippen LogP contribution is -1.85. The Bertz CT molecular complexity index is 481. The first kappa shape index (κ1) is 13.2. The van der Waals surface area contributed by atoms with Crippen molar-refractivity contribution < 1.29 is 0 Å². The normalized spacial score (nSPS) is 9.12. The maximum atomic E-state index is 3.85. The van der Waals surface area contributed by atoms with E-state index in [0.29, 0.717) is 0 Å². The Morgan fingerprint density at radius 1 is 0.824 bits per heavy atom. The monoisotopic (exact) mass is 224 g/mol. The van der Waals surface area contributed by atoms with Crippen LogP contribution < -0.4 is 0 Å². The molecule has 0 spiro atoms. The summed E-state index contributed by atoms with van der Waals surface area (Å²) in [5.74, 6) is 0. The summed E-state index contributed by atoms with van der Waals surface area (Å²) < 4.78 is 0. The van der Waals surface area contributed by atoms with Gasteiger partial charge in [0.25, 0.3) is 0 Å². The van der Waals surface area contributed by atoms with E-state index in [1.807, 2.05) is 26.0 Å². The molecule has 0 heterocycles. The number of benzene rings is 2. The summed E-state index contributed by atoms with van der Waals surface area (Å²) in [5, 5.41) is 0. The van der Waals surface area contributed by atoms with Gasteiger partial charge in [0.2, 0.25) is 0 Å². The lowest BCUT2D eigenvalue weighted by atomic mass is 9.96. The van der Waals surface area contributed by atoms with Gasteiger partial charge in [-0.1, -0.05) is 75.0 Å². The first-order valence-electron chi connectivity index (χ1n) is 6.10. The van der Waals surface area contributed by atoms with E-state index in [4.69, 9.17) is 0 Å². The highest BCUT2D eigenvalue weighted by Gasteiger charge is 2.03. The lowest BCUT2D eigenvalue weighted by molar-refractivity contribution is 1.45. The molecule has 0 aliphatic heterocycles. The maximum Gasteiger partial charge on any atom is -0.0109 e. The summed E-state index contributed by atoms with van der Waals surface area (Å²) in [6.07, 6.45) is 1.90. The van der Waals surface area contributed by atoms with Gasteiger partial charge in [0.15, 0.2) is 0 Å². The van der Waals surface area contributed by atoms with Gasteiger partial charge in [0, 0.05) is 0 Å². The summed E-state index contributed by atoms with van der Waals surface area (Å²) in [4.78, 5) is 0. The highest BCUT2D eigenvalue weighted by Crippen LogP contribution is 2.26. The zero-order valence-electron chi connectivity index (χ0n) is 10.9. The van der Waals surface area contributed by atoms with Crippen LogP contribution in [0.4, 0.5) is 0 Å². The first-order valence-corrected chi connectivity index (χ1v) is 6.10. The van der Waals surface area contributed by atoms with Crippen LogP contribution in [0.15, 0.2) is 55.1 Å². The molecule has 0 amide bonds. The molecule has 0 heteroatoms. The fourth-order valence-electron chi connectivity index (χ4n) is 1.80. The molecule has 0 fully saturated rings. The molecule has 0 saturated heterocycles. The molecule has 2 rings (SSSR count). The van der Waals surface area contributed by atoms with E-state index < -0.39 is 0 Å². The number of hydrogen-bond acceptors (Lipinski definition) is 0. The minimum absolute atomic E-state index is 1.19. The molecule has 0 N–H and O–H groups in total. The van der Waals surface area contributed by atoms with Crippen molar-refractivity contribution in [2.75, 3.05) is 0 Å². The van der Waals surface area contributed by atoms with Gasteiger partial charge in [0.1, 0.15) is 0 Å². The molecule has 2 aromatic rings. The summed E-state index contributed by atoms with van der Waals surface area (Å²) in [5.41, 5.74) is 5.03. The largest absolute Gasteiger partial charge is 0.0984 e. The van der Waals surface area contributed by atoms with Gasteiger partial charge in [0.05, 0.1) is 0 Å². The fourth-order valence-corrected chi connectivity index (χ4v) is 1.80. The fraction of sp³-hybridized carbons (Fsp3) is 0.176. The SMILES string of the molecule is C=Cc1ccccc1-c1ccccc1C.CC. The van der Waals surface area contributed by atoms with Crippen molar-refractivity contribution in [1.82, 2.24) is 0 Å². The molecule has 0 atom stereocenters. The van der Waals surface area contributed by atoms with Gasteiger partial charge in [-0.05, 0) is 29.2 Å². The Labute approximate surface area is 105 Å². The first-order chi connectivity index (χ1) is 8.33. The van der Waals surface area contributed by atoms with Crippen molar-refractivity contribution in [2.24, 2.45) is 0 Å². The summed E-state index contributed by atoms with van der Waals surface area (Å²) in [7, 11) is 0. The van der Waals surface area contributed by atoms with Crippen LogP contribution in [0, 0.1) is 6.92 Å². The molecule has 0 aliphatic rings. The van der Waals surface area contributed by atoms with Gasteiger partial charge in [-0.2, -0.15) is 0 Å². The van der Waals surface area contributed by atoms with E-state index in [2.05, 4.69) is 56.0 Å². The number of aryl methyl sites for hydroxylation is 1. The van der Waals surface area contributed by atoms with E-state index in [9.17, 15) is 0 Å². The molecular formula is C17H20. The van der Waals surface area contributed by atoms with Crippen molar-refractivity contribution in [3.63, 3.8) is 0 Å². The van der Waals surface area contributed by atoms with Gasteiger partial charge in [-0.15, -0.1) is 0 Å². The Balaban J connectivity index is 0.000000686. The quantitative estimate of drug-likeness (QED) is 0.646. The van der Waals surface area contributed by atoms with Crippen LogP contribution in [0.5, 0.6) is 0 Å². The Morgan fingerprint density at radius 2 is 1.35 bits per heavy atom. The van der Waals surface area contributed by atoms with Crippen LogP contribution in [-0.2, 0) is 0 Å². The molecular weight excluding hydrogens is 204 g/mol. The second-order valence-electron chi connectivity index (χ2n) is 3.61. The van der Waals surface area contributed by atoms with Gasteiger partial charge >= 0.3 is 0 Å². The zero-order chi connectivity index (χ0) is 12.7. The van der Waals surface area contributed by atoms with E-state index in [1.165, 1.54) is 22.3 Å². The predicted molar refractivity (Wildman–Crippen MR) is 78.1 cm³/mol. The van der Waals surface area contributed by atoms with Gasteiger partial charge in [-0.25, -0.2) is 0 Å². The average molecular weight is 224 g/mol. The maximum absolute atomic E-state index is 3.85.